The number of unbranched alkanes of at least 4 members (excludes halogenated alkanes) is 34. The summed E-state index contributed by atoms with van der Waals surface area (Å²) in [5.74, 6) is -0.991. The fourth-order valence-corrected chi connectivity index (χ4v) is 9.52. The Morgan fingerprint density at radius 2 is 0.519 bits per heavy atom. The molecule has 0 bridgehead atoms. The summed E-state index contributed by atoms with van der Waals surface area (Å²) < 4.78 is 16.9. The van der Waals surface area contributed by atoms with Crippen molar-refractivity contribution in [3.8, 4) is 0 Å². The lowest BCUT2D eigenvalue weighted by Crippen LogP contribution is -2.30. The third-order valence-corrected chi connectivity index (χ3v) is 14.6. The maximum atomic E-state index is 12.9. The van der Waals surface area contributed by atoms with Crippen LogP contribution in [0.25, 0.3) is 0 Å². The molecule has 1 atom stereocenters. The van der Waals surface area contributed by atoms with Gasteiger partial charge in [-0.1, -0.05) is 298 Å². The van der Waals surface area contributed by atoms with Crippen LogP contribution >= 0.6 is 0 Å². The van der Waals surface area contributed by atoms with Gasteiger partial charge in [0.2, 0.25) is 0 Å². The number of hydrogen-bond donors (Lipinski definition) is 0. The summed E-state index contributed by atoms with van der Waals surface area (Å²) in [4.78, 5) is 38.3. The molecule has 0 aromatic carbocycles. The first-order chi connectivity index (χ1) is 39.0. The highest BCUT2D eigenvalue weighted by Crippen LogP contribution is 2.17. The molecule has 0 radical (unpaired) electrons. The molecule has 0 spiro atoms. The Morgan fingerprint density at radius 1 is 0.266 bits per heavy atom. The van der Waals surface area contributed by atoms with E-state index < -0.39 is 6.10 Å². The van der Waals surface area contributed by atoms with Crippen molar-refractivity contribution in [2.45, 2.75) is 335 Å². The zero-order chi connectivity index (χ0) is 57.1. The largest absolute Gasteiger partial charge is 0.462 e. The zero-order valence-electron chi connectivity index (χ0n) is 52.1. The molecular formula is C73H126O6. The Bertz CT molecular complexity index is 1540. The van der Waals surface area contributed by atoms with Gasteiger partial charge in [-0.3, -0.25) is 14.4 Å². The van der Waals surface area contributed by atoms with Crippen LogP contribution in [0.1, 0.15) is 329 Å². The van der Waals surface area contributed by atoms with Crippen LogP contribution in [0.2, 0.25) is 0 Å². The summed E-state index contributed by atoms with van der Waals surface area (Å²) in [6.07, 6.45) is 90.2. The molecule has 6 nitrogen and oxygen atoms in total. The van der Waals surface area contributed by atoms with Crippen molar-refractivity contribution in [1.29, 1.82) is 0 Å². The molecule has 6 heteroatoms. The van der Waals surface area contributed by atoms with Gasteiger partial charge in [0.15, 0.2) is 6.10 Å². The molecule has 0 aromatic rings. The van der Waals surface area contributed by atoms with E-state index in [1.807, 2.05) is 6.08 Å². The second-order valence-electron chi connectivity index (χ2n) is 22.3. The highest BCUT2D eigenvalue weighted by Gasteiger charge is 2.19. The number of rotatable bonds is 61. The first kappa shape index (κ1) is 75.3. The van der Waals surface area contributed by atoms with E-state index in [0.29, 0.717) is 19.3 Å². The van der Waals surface area contributed by atoms with Gasteiger partial charge < -0.3 is 14.2 Å². The van der Waals surface area contributed by atoms with Crippen LogP contribution in [-0.4, -0.2) is 37.2 Å². The Labute approximate surface area is 489 Å². The van der Waals surface area contributed by atoms with Crippen molar-refractivity contribution in [2.75, 3.05) is 13.2 Å². The number of hydrogen-bond acceptors (Lipinski definition) is 6. The van der Waals surface area contributed by atoms with Gasteiger partial charge >= 0.3 is 17.9 Å². The van der Waals surface area contributed by atoms with Gasteiger partial charge in [-0.25, -0.2) is 0 Å². The second-order valence-corrected chi connectivity index (χ2v) is 22.3. The minimum atomic E-state index is -0.815. The van der Waals surface area contributed by atoms with Crippen molar-refractivity contribution in [3.63, 3.8) is 0 Å². The van der Waals surface area contributed by atoms with Gasteiger partial charge in [0, 0.05) is 19.3 Å². The average molecular weight is 1100 g/mol. The molecule has 1 unspecified atom stereocenters. The lowest BCUT2D eigenvalue weighted by atomic mass is 10.0. The van der Waals surface area contributed by atoms with Crippen LogP contribution in [0, 0.1) is 0 Å². The van der Waals surface area contributed by atoms with Crippen LogP contribution in [-0.2, 0) is 28.6 Å². The third-order valence-electron chi connectivity index (χ3n) is 14.6. The fraction of sp³-hybridized carbons (Fsp3) is 0.740. The molecule has 0 saturated heterocycles. The van der Waals surface area contributed by atoms with E-state index in [1.165, 1.54) is 193 Å². The molecule has 0 aliphatic rings. The smallest absolute Gasteiger partial charge is 0.306 e. The summed E-state index contributed by atoms with van der Waals surface area (Å²) in [6, 6.07) is 0. The first-order valence-electron chi connectivity index (χ1n) is 33.7. The van der Waals surface area contributed by atoms with Crippen LogP contribution in [0.15, 0.2) is 97.2 Å². The topological polar surface area (TPSA) is 78.9 Å². The molecule has 0 N–H and O–H groups in total. The third kappa shape index (κ3) is 65.0. The number of allylic oxidation sites excluding steroid dienone is 16. The number of carbonyl (C=O) groups is 3. The number of carbonyl (C=O) groups excluding carboxylic acids is 3. The summed E-state index contributed by atoms with van der Waals surface area (Å²) in [7, 11) is 0. The Hall–Kier alpha value is -3.67. The summed E-state index contributed by atoms with van der Waals surface area (Å²) in [6.45, 7) is 6.47. The molecule has 0 aromatic heterocycles. The normalized spacial score (nSPS) is 12.7. The average Bonchev–Trinajstić information content (AvgIpc) is 3.45. The summed E-state index contributed by atoms with van der Waals surface area (Å²) in [5.41, 5.74) is 0. The standard InChI is InChI=1S/C73H126O6/c1-4-7-10-13-16-19-22-25-27-29-31-33-34-35-36-37-38-40-41-43-45-48-51-54-57-60-63-66-72(75)78-69-70(68-77-71(74)65-62-59-56-53-50-47-24-21-18-15-12-9-6-3)79-73(76)67-64-61-58-55-52-49-46-44-42-39-32-30-28-26-23-20-17-14-11-8-5-2/h9,12,18,21,23,26,29-32,42,44,47,50,56,59,70H,4-8,10-11,13-17,19-20,22,24-25,27-28,33-41,43,45-46,48-49,51-55,57-58,60-69H2,1-3H3/b12-9-,21-18-,26-23-,31-29-,32-30-,44-42-,50-47-,59-56-. The van der Waals surface area contributed by atoms with Gasteiger partial charge in [-0.2, -0.15) is 0 Å². The molecule has 454 valence electrons. The van der Waals surface area contributed by atoms with E-state index in [4.69, 9.17) is 14.2 Å². The minimum Gasteiger partial charge on any atom is -0.462 e. The van der Waals surface area contributed by atoms with Gasteiger partial charge in [0.1, 0.15) is 13.2 Å². The lowest BCUT2D eigenvalue weighted by molar-refractivity contribution is -0.166. The molecule has 0 aliphatic carbocycles. The lowest BCUT2D eigenvalue weighted by Gasteiger charge is -2.18. The summed E-state index contributed by atoms with van der Waals surface area (Å²) >= 11 is 0. The number of esters is 3. The molecule has 79 heavy (non-hydrogen) atoms. The monoisotopic (exact) mass is 1100 g/mol. The molecule has 0 saturated carbocycles. The summed E-state index contributed by atoms with van der Waals surface area (Å²) in [5, 5.41) is 0. The van der Waals surface area contributed by atoms with Crippen molar-refractivity contribution in [2.24, 2.45) is 0 Å². The van der Waals surface area contributed by atoms with Crippen LogP contribution < -0.4 is 0 Å². The number of ether oxygens (including phenoxy) is 3. The molecule has 0 aliphatic heterocycles. The maximum absolute atomic E-state index is 12.9. The quantitative estimate of drug-likeness (QED) is 0.0261. The predicted molar refractivity (Wildman–Crippen MR) is 344 cm³/mol. The van der Waals surface area contributed by atoms with E-state index in [2.05, 4.69) is 112 Å². The van der Waals surface area contributed by atoms with Crippen LogP contribution in [0.3, 0.4) is 0 Å². The van der Waals surface area contributed by atoms with E-state index in [0.717, 1.165) is 89.9 Å². The Balaban J connectivity index is 4.32. The SMILES string of the molecule is CC/C=C\C/C=C\C/C=C\C/C=C\CCC(=O)OCC(COC(=O)CCCCCCCCCCCCCCCCC/C=C\CCCCCCCCCC)OC(=O)CCCCCCCC/C=C\C/C=C\C/C=C\CCCCCCC. The van der Waals surface area contributed by atoms with E-state index >= 15 is 0 Å². The van der Waals surface area contributed by atoms with Crippen molar-refractivity contribution in [3.05, 3.63) is 97.2 Å². The van der Waals surface area contributed by atoms with E-state index in [-0.39, 0.29) is 37.5 Å². The van der Waals surface area contributed by atoms with Gasteiger partial charge in [-0.05, 0) is 109 Å². The van der Waals surface area contributed by atoms with E-state index in [9.17, 15) is 14.4 Å². The van der Waals surface area contributed by atoms with Crippen LogP contribution in [0.5, 0.6) is 0 Å². The fourth-order valence-electron chi connectivity index (χ4n) is 9.52. The van der Waals surface area contributed by atoms with Gasteiger partial charge in [0.05, 0.1) is 0 Å². The van der Waals surface area contributed by atoms with Crippen molar-refractivity contribution in [1.82, 2.24) is 0 Å². The predicted octanol–water partition coefficient (Wildman–Crippen LogP) is 23.2. The minimum absolute atomic E-state index is 0.104. The molecule has 0 fully saturated rings. The molecule has 0 heterocycles. The maximum Gasteiger partial charge on any atom is 0.306 e. The Kier molecular flexibility index (Phi) is 63.7. The van der Waals surface area contributed by atoms with Gasteiger partial charge in [-0.15, -0.1) is 0 Å². The molecular weight excluding hydrogens is 973 g/mol. The Morgan fingerprint density at radius 3 is 0.861 bits per heavy atom. The molecule has 0 amide bonds. The highest BCUT2D eigenvalue weighted by atomic mass is 16.6. The molecule has 0 rings (SSSR count). The highest BCUT2D eigenvalue weighted by molar-refractivity contribution is 5.71. The van der Waals surface area contributed by atoms with E-state index in [1.54, 1.807) is 0 Å². The second kappa shape index (κ2) is 66.8. The van der Waals surface area contributed by atoms with Crippen LogP contribution in [0.4, 0.5) is 0 Å². The van der Waals surface area contributed by atoms with Crippen molar-refractivity contribution < 1.29 is 28.6 Å². The van der Waals surface area contributed by atoms with Crippen molar-refractivity contribution >= 4 is 17.9 Å². The van der Waals surface area contributed by atoms with Gasteiger partial charge in [0.25, 0.3) is 0 Å². The first-order valence-corrected chi connectivity index (χ1v) is 33.7. The zero-order valence-corrected chi connectivity index (χ0v) is 52.1.